The van der Waals surface area contributed by atoms with Crippen molar-refractivity contribution >= 4 is 11.5 Å². The average molecular weight is 293 g/mol. The van der Waals surface area contributed by atoms with Gasteiger partial charge in [0.1, 0.15) is 11.5 Å². The molecule has 0 radical (unpaired) electrons. The smallest absolute Gasteiger partial charge is 0.137 e. The molecule has 1 fully saturated rings. The first-order chi connectivity index (χ1) is 10.7. The van der Waals surface area contributed by atoms with Gasteiger partial charge in [0.2, 0.25) is 0 Å². The summed E-state index contributed by atoms with van der Waals surface area (Å²) in [6.45, 7) is 6.19. The molecule has 5 heteroatoms. The van der Waals surface area contributed by atoms with Gasteiger partial charge in [0.25, 0.3) is 0 Å². The number of anilines is 1. The lowest BCUT2D eigenvalue weighted by Crippen LogP contribution is -2.51. The molecule has 0 aromatic carbocycles. The van der Waals surface area contributed by atoms with Crippen LogP contribution < -0.4 is 10.6 Å². The van der Waals surface area contributed by atoms with Gasteiger partial charge in [0.05, 0.1) is 23.6 Å². The third-order valence-electron chi connectivity index (χ3n) is 4.02. The lowest BCUT2D eigenvalue weighted by molar-refractivity contribution is 0.471. The first-order valence-electron chi connectivity index (χ1n) is 7.59. The number of pyridine rings is 2. The zero-order valence-corrected chi connectivity index (χ0v) is 12.8. The van der Waals surface area contributed by atoms with Crippen LogP contribution in [0, 0.1) is 13.8 Å². The van der Waals surface area contributed by atoms with E-state index in [1.54, 1.807) is 0 Å². The van der Waals surface area contributed by atoms with Crippen molar-refractivity contribution in [2.45, 2.75) is 19.9 Å². The van der Waals surface area contributed by atoms with Crippen LogP contribution in [0.5, 0.6) is 0 Å². The highest BCUT2D eigenvalue weighted by atomic mass is 15.1. The van der Waals surface area contributed by atoms with E-state index in [4.69, 9.17) is 4.98 Å². The molecule has 4 rings (SSSR count). The van der Waals surface area contributed by atoms with E-state index in [9.17, 15) is 0 Å². The molecular formula is C17H19N5. The first-order valence-corrected chi connectivity index (χ1v) is 7.59. The first kappa shape index (κ1) is 13.3. The highest BCUT2D eigenvalue weighted by Crippen LogP contribution is 2.23. The van der Waals surface area contributed by atoms with Crippen molar-refractivity contribution in [1.82, 2.24) is 19.7 Å². The normalized spacial score (nSPS) is 15.0. The zero-order valence-electron chi connectivity index (χ0n) is 12.8. The zero-order chi connectivity index (χ0) is 15.1. The fourth-order valence-corrected chi connectivity index (χ4v) is 2.75. The number of hydrogen-bond acceptors (Lipinski definition) is 4. The number of hydrogen-bond donors (Lipinski definition) is 2. The van der Waals surface area contributed by atoms with E-state index in [0.29, 0.717) is 6.04 Å². The Bertz CT molecular complexity index is 832. The van der Waals surface area contributed by atoms with Crippen LogP contribution in [0.3, 0.4) is 0 Å². The van der Waals surface area contributed by atoms with Crippen molar-refractivity contribution in [3.8, 4) is 11.4 Å². The molecule has 1 aliphatic rings. The summed E-state index contributed by atoms with van der Waals surface area (Å²) in [7, 11) is 0. The van der Waals surface area contributed by atoms with Gasteiger partial charge < -0.3 is 10.6 Å². The Kier molecular flexibility index (Phi) is 3.08. The summed E-state index contributed by atoms with van der Waals surface area (Å²) in [5, 5.41) is 6.74. The lowest BCUT2D eigenvalue weighted by Gasteiger charge is -2.28. The maximum atomic E-state index is 4.78. The third-order valence-corrected chi connectivity index (χ3v) is 4.02. The van der Waals surface area contributed by atoms with Gasteiger partial charge in [-0.15, -0.1) is 0 Å². The van der Waals surface area contributed by atoms with Crippen molar-refractivity contribution in [3.63, 3.8) is 0 Å². The highest BCUT2D eigenvalue weighted by molar-refractivity contribution is 5.63. The Labute approximate surface area is 129 Å². The van der Waals surface area contributed by atoms with Crippen LogP contribution in [0.2, 0.25) is 0 Å². The second-order valence-electron chi connectivity index (χ2n) is 5.99. The summed E-state index contributed by atoms with van der Waals surface area (Å²) in [6.07, 6.45) is 4.00. The van der Waals surface area contributed by atoms with Gasteiger partial charge in [-0.25, -0.2) is 9.97 Å². The molecule has 0 unspecified atom stereocenters. The molecule has 0 bridgehead atoms. The lowest BCUT2D eigenvalue weighted by atomic mass is 10.1. The predicted octanol–water partition coefficient (Wildman–Crippen LogP) is 2.40. The third kappa shape index (κ3) is 2.33. The molecule has 0 saturated carbocycles. The van der Waals surface area contributed by atoms with Crippen LogP contribution in [-0.4, -0.2) is 33.5 Å². The molecular weight excluding hydrogens is 274 g/mol. The quantitative estimate of drug-likeness (QED) is 0.778. The Morgan fingerprint density at radius 1 is 1.18 bits per heavy atom. The van der Waals surface area contributed by atoms with Crippen molar-refractivity contribution < 1.29 is 0 Å². The van der Waals surface area contributed by atoms with E-state index in [0.717, 1.165) is 35.9 Å². The molecule has 1 saturated heterocycles. The molecule has 3 aromatic heterocycles. The van der Waals surface area contributed by atoms with Crippen LogP contribution in [-0.2, 0) is 0 Å². The van der Waals surface area contributed by atoms with Gasteiger partial charge in [0.15, 0.2) is 0 Å². The van der Waals surface area contributed by atoms with E-state index in [-0.39, 0.29) is 0 Å². The molecule has 22 heavy (non-hydrogen) atoms. The van der Waals surface area contributed by atoms with Crippen LogP contribution in [0.4, 0.5) is 5.82 Å². The molecule has 1 aliphatic heterocycles. The largest absolute Gasteiger partial charge is 0.365 e. The van der Waals surface area contributed by atoms with E-state index in [1.807, 2.05) is 12.3 Å². The predicted molar refractivity (Wildman–Crippen MR) is 88.2 cm³/mol. The molecule has 0 spiro atoms. The Morgan fingerprint density at radius 3 is 2.82 bits per heavy atom. The van der Waals surface area contributed by atoms with Crippen LogP contribution >= 0.6 is 0 Å². The fraction of sp³-hybridized carbons (Fsp3) is 0.294. The van der Waals surface area contributed by atoms with E-state index >= 15 is 0 Å². The number of imidazole rings is 1. The fourth-order valence-electron chi connectivity index (χ4n) is 2.75. The number of rotatable bonds is 3. The van der Waals surface area contributed by atoms with Crippen molar-refractivity contribution in [1.29, 1.82) is 0 Å². The van der Waals surface area contributed by atoms with Crippen LogP contribution in [0.15, 0.2) is 36.7 Å². The Hall–Kier alpha value is -2.40. The second-order valence-corrected chi connectivity index (χ2v) is 5.99. The van der Waals surface area contributed by atoms with E-state index in [1.165, 1.54) is 11.1 Å². The maximum absolute atomic E-state index is 4.78. The molecule has 0 aliphatic carbocycles. The van der Waals surface area contributed by atoms with Crippen LogP contribution in [0.1, 0.15) is 11.1 Å². The molecule has 0 amide bonds. The number of nitrogens with zero attached hydrogens (tertiary/aromatic N) is 3. The average Bonchev–Trinajstić information content (AvgIpc) is 2.85. The molecule has 2 N–H and O–H groups in total. The van der Waals surface area contributed by atoms with E-state index < -0.39 is 0 Å². The second kappa shape index (κ2) is 5.10. The van der Waals surface area contributed by atoms with Crippen molar-refractivity contribution in [3.05, 3.63) is 47.8 Å². The van der Waals surface area contributed by atoms with Gasteiger partial charge in [-0.1, -0.05) is 6.07 Å². The van der Waals surface area contributed by atoms with Gasteiger partial charge in [-0.05, 0) is 43.2 Å². The monoisotopic (exact) mass is 293 g/mol. The number of fused-ring (bicyclic) bond motifs is 1. The summed E-state index contributed by atoms with van der Waals surface area (Å²) in [6, 6.07) is 8.79. The summed E-state index contributed by atoms with van der Waals surface area (Å²) < 4.78 is 2.10. The molecule has 4 heterocycles. The van der Waals surface area contributed by atoms with Crippen molar-refractivity contribution in [2.24, 2.45) is 0 Å². The van der Waals surface area contributed by atoms with Crippen molar-refractivity contribution in [2.75, 3.05) is 18.4 Å². The molecule has 112 valence electrons. The summed E-state index contributed by atoms with van der Waals surface area (Å²) in [5.41, 5.74) is 5.33. The summed E-state index contributed by atoms with van der Waals surface area (Å²) >= 11 is 0. The van der Waals surface area contributed by atoms with Gasteiger partial charge in [-0.2, -0.15) is 0 Å². The Balaban J connectivity index is 1.78. The standard InChI is InChI=1S/C17H19N5/c1-11-3-4-17-19-9-15(22(17)10-11)14-5-12(2)6-16(21-14)20-13-7-18-8-13/h3-6,9-10,13,18H,7-8H2,1-2H3,(H,20,21). The van der Waals surface area contributed by atoms with Gasteiger partial charge in [0, 0.05) is 19.3 Å². The molecule has 3 aromatic rings. The maximum Gasteiger partial charge on any atom is 0.137 e. The summed E-state index contributed by atoms with van der Waals surface area (Å²) in [4.78, 5) is 9.25. The minimum atomic E-state index is 0.478. The molecule has 5 nitrogen and oxygen atoms in total. The minimum Gasteiger partial charge on any atom is -0.365 e. The SMILES string of the molecule is Cc1cc(NC2CNC2)nc(-c2cnc3ccc(C)cn23)c1. The minimum absolute atomic E-state index is 0.478. The number of aryl methyl sites for hydroxylation is 2. The highest BCUT2D eigenvalue weighted by Gasteiger charge is 2.17. The van der Waals surface area contributed by atoms with Gasteiger partial charge in [-0.3, -0.25) is 4.40 Å². The Morgan fingerprint density at radius 2 is 2.05 bits per heavy atom. The summed E-state index contributed by atoms with van der Waals surface area (Å²) in [5.74, 6) is 0.934. The topological polar surface area (TPSA) is 54.2 Å². The van der Waals surface area contributed by atoms with E-state index in [2.05, 4.69) is 58.3 Å². The van der Waals surface area contributed by atoms with Gasteiger partial charge >= 0.3 is 0 Å². The number of aromatic nitrogens is 3. The molecule has 0 atom stereocenters. The van der Waals surface area contributed by atoms with Crippen LogP contribution in [0.25, 0.3) is 17.0 Å². The number of nitrogens with one attached hydrogen (secondary N) is 2.